The maximum atomic E-state index is 13.7. The average Bonchev–Trinajstić information content (AvgIpc) is 2.98. The number of carbonyl (C=O) groups excluding carboxylic acids is 3. The molecule has 3 rings (SSSR count). The summed E-state index contributed by atoms with van der Waals surface area (Å²) >= 11 is 0. The Balaban J connectivity index is 1.89. The Labute approximate surface area is 192 Å². The number of hydrogen-bond acceptors (Lipinski definition) is 5. The van der Waals surface area contributed by atoms with Crippen molar-refractivity contribution < 1.29 is 36.7 Å². The van der Waals surface area contributed by atoms with Crippen molar-refractivity contribution in [2.75, 3.05) is 18.5 Å². The summed E-state index contributed by atoms with van der Waals surface area (Å²) in [5.74, 6) is -3.95. The van der Waals surface area contributed by atoms with Crippen molar-refractivity contribution in [3.05, 3.63) is 46.3 Å². The molecule has 2 aromatic rings. The highest BCUT2D eigenvalue weighted by Crippen LogP contribution is 2.38. The van der Waals surface area contributed by atoms with Crippen LogP contribution >= 0.6 is 0 Å². The number of aromatic nitrogens is 2. The number of nitrogens with one attached hydrogen (secondary N) is 2. The van der Waals surface area contributed by atoms with Gasteiger partial charge in [-0.1, -0.05) is 0 Å². The molecule has 0 spiro atoms. The SMILES string of the molecule is Cc1cc(NC(=O)c2c(C)c(C(=O)C(=O)NC3(C(F)(F)F)CCOCC3)n(C)c2C)cnc1F. The van der Waals surface area contributed by atoms with Gasteiger partial charge in [-0.05, 0) is 32.4 Å². The average molecular weight is 484 g/mol. The van der Waals surface area contributed by atoms with Crippen LogP contribution in [0.2, 0.25) is 0 Å². The van der Waals surface area contributed by atoms with Gasteiger partial charge in [-0.3, -0.25) is 14.4 Å². The highest BCUT2D eigenvalue weighted by molar-refractivity contribution is 6.43. The minimum atomic E-state index is -4.78. The first-order chi connectivity index (χ1) is 15.8. The molecule has 2 aromatic heterocycles. The van der Waals surface area contributed by atoms with Crippen molar-refractivity contribution in [1.29, 1.82) is 0 Å². The summed E-state index contributed by atoms with van der Waals surface area (Å²) in [6, 6.07) is 1.37. The Morgan fingerprint density at radius 2 is 1.76 bits per heavy atom. The molecule has 0 aliphatic carbocycles. The molecule has 1 aliphatic rings. The molecule has 0 bridgehead atoms. The van der Waals surface area contributed by atoms with Gasteiger partial charge in [0, 0.05) is 44.4 Å². The number of hydrogen-bond donors (Lipinski definition) is 2. The molecular weight excluding hydrogens is 460 g/mol. The van der Waals surface area contributed by atoms with Crippen molar-refractivity contribution in [1.82, 2.24) is 14.9 Å². The van der Waals surface area contributed by atoms with Gasteiger partial charge in [0.2, 0.25) is 5.95 Å². The highest BCUT2D eigenvalue weighted by atomic mass is 19.4. The number of pyridine rings is 1. The normalized spacial score (nSPS) is 15.6. The number of anilines is 1. The Bertz CT molecular complexity index is 1150. The van der Waals surface area contributed by atoms with E-state index in [1.54, 1.807) is 0 Å². The molecule has 12 heteroatoms. The largest absolute Gasteiger partial charge is 0.411 e. The minimum Gasteiger partial charge on any atom is -0.381 e. The third-order valence-corrected chi connectivity index (χ3v) is 6.09. The van der Waals surface area contributed by atoms with Crippen LogP contribution in [-0.2, 0) is 16.6 Å². The molecule has 34 heavy (non-hydrogen) atoms. The van der Waals surface area contributed by atoms with Gasteiger partial charge in [-0.2, -0.15) is 17.6 Å². The molecule has 0 atom stereocenters. The predicted molar refractivity (Wildman–Crippen MR) is 113 cm³/mol. The summed E-state index contributed by atoms with van der Waals surface area (Å²) in [6.45, 7) is 4.00. The number of alkyl halides is 3. The third kappa shape index (κ3) is 4.54. The lowest BCUT2D eigenvalue weighted by molar-refractivity contribution is -0.216. The number of rotatable bonds is 5. The summed E-state index contributed by atoms with van der Waals surface area (Å²) in [4.78, 5) is 42.0. The Hall–Kier alpha value is -3.28. The van der Waals surface area contributed by atoms with Gasteiger partial charge in [-0.25, -0.2) is 4.98 Å². The lowest BCUT2D eigenvalue weighted by Gasteiger charge is -2.39. The number of amides is 2. The van der Waals surface area contributed by atoms with Crippen LogP contribution in [-0.4, -0.2) is 52.1 Å². The molecule has 8 nitrogen and oxygen atoms in total. The topological polar surface area (TPSA) is 102 Å². The second-order valence-corrected chi connectivity index (χ2v) is 8.25. The van der Waals surface area contributed by atoms with E-state index in [2.05, 4.69) is 10.3 Å². The van der Waals surface area contributed by atoms with Gasteiger partial charge in [-0.15, -0.1) is 0 Å². The number of carbonyl (C=O) groups is 3. The predicted octanol–water partition coefficient (Wildman–Crippen LogP) is 3.15. The molecular formula is C22H24F4N4O4. The molecule has 1 fully saturated rings. The van der Waals surface area contributed by atoms with E-state index in [4.69, 9.17) is 4.74 Å². The van der Waals surface area contributed by atoms with Gasteiger partial charge in [0.15, 0.2) is 0 Å². The zero-order valence-corrected chi connectivity index (χ0v) is 19.0. The molecule has 0 unspecified atom stereocenters. The lowest BCUT2D eigenvalue weighted by atomic mass is 9.89. The Morgan fingerprint density at radius 3 is 2.32 bits per heavy atom. The maximum Gasteiger partial charge on any atom is 0.411 e. The second kappa shape index (κ2) is 9.16. The first-order valence-corrected chi connectivity index (χ1v) is 10.4. The molecule has 3 heterocycles. The van der Waals surface area contributed by atoms with Crippen LogP contribution in [0.15, 0.2) is 12.3 Å². The van der Waals surface area contributed by atoms with Gasteiger partial charge >= 0.3 is 6.18 Å². The standard InChI is InChI=1S/C22H24F4N4O4/c1-11-9-14(10-27-18(11)23)28-19(32)15-12(2)16(30(4)13(15)3)17(31)20(33)29-21(22(24,25)26)5-7-34-8-6-21/h9-10H,5-8H2,1-4H3,(H,28,32)(H,29,33). The van der Waals surface area contributed by atoms with Crippen LogP contribution < -0.4 is 10.6 Å². The van der Waals surface area contributed by atoms with E-state index >= 15 is 0 Å². The Kier molecular flexibility index (Phi) is 6.83. The van der Waals surface area contributed by atoms with Crippen molar-refractivity contribution >= 4 is 23.3 Å². The van der Waals surface area contributed by atoms with Gasteiger partial charge in [0.05, 0.1) is 23.1 Å². The maximum absolute atomic E-state index is 13.7. The fraction of sp³-hybridized carbons (Fsp3) is 0.455. The molecule has 0 radical (unpaired) electrons. The van der Waals surface area contributed by atoms with Crippen LogP contribution in [0, 0.1) is 26.7 Å². The Morgan fingerprint density at radius 1 is 1.15 bits per heavy atom. The molecule has 184 valence electrons. The van der Waals surface area contributed by atoms with Crippen molar-refractivity contribution in [3.8, 4) is 0 Å². The first kappa shape index (κ1) is 25.3. The summed E-state index contributed by atoms with van der Waals surface area (Å²) < 4.78 is 60.9. The van der Waals surface area contributed by atoms with Crippen LogP contribution in [0.5, 0.6) is 0 Å². The van der Waals surface area contributed by atoms with Crippen molar-refractivity contribution in [2.24, 2.45) is 7.05 Å². The summed E-state index contributed by atoms with van der Waals surface area (Å²) in [5, 5.41) is 4.44. The van der Waals surface area contributed by atoms with Crippen LogP contribution in [0.3, 0.4) is 0 Å². The zero-order valence-electron chi connectivity index (χ0n) is 19.0. The first-order valence-electron chi connectivity index (χ1n) is 10.4. The van der Waals surface area contributed by atoms with Crippen LogP contribution in [0.1, 0.15) is 50.5 Å². The van der Waals surface area contributed by atoms with Crippen molar-refractivity contribution in [3.63, 3.8) is 0 Å². The van der Waals surface area contributed by atoms with E-state index in [1.165, 1.54) is 38.5 Å². The molecule has 0 saturated carbocycles. The lowest BCUT2D eigenvalue weighted by Crippen LogP contribution is -2.62. The second-order valence-electron chi connectivity index (χ2n) is 8.25. The van der Waals surface area contributed by atoms with E-state index in [-0.39, 0.29) is 41.3 Å². The highest BCUT2D eigenvalue weighted by Gasteiger charge is 2.56. The zero-order chi connectivity index (χ0) is 25.4. The van der Waals surface area contributed by atoms with Gasteiger partial charge < -0.3 is 19.9 Å². The molecule has 0 aromatic carbocycles. The van der Waals surface area contributed by atoms with E-state index in [1.807, 2.05) is 5.32 Å². The number of ether oxygens (including phenoxy) is 1. The van der Waals surface area contributed by atoms with Gasteiger partial charge in [0.25, 0.3) is 17.6 Å². The smallest absolute Gasteiger partial charge is 0.381 e. The fourth-order valence-corrected chi connectivity index (χ4v) is 4.03. The van der Waals surface area contributed by atoms with E-state index in [0.29, 0.717) is 5.69 Å². The van der Waals surface area contributed by atoms with E-state index < -0.39 is 48.1 Å². The molecule has 1 aliphatic heterocycles. The van der Waals surface area contributed by atoms with E-state index in [9.17, 15) is 31.9 Å². The monoisotopic (exact) mass is 484 g/mol. The van der Waals surface area contributed by atoms with Gasteiger partial charge in [0.1, 0.15) is 5.54 Å². The van der Waals surface area contributed by atoms with Crippen molar-refractivity contribution in [2.45, 2.75) is 45.3 Å². The number of Topliss-reactive ketones (excluding diaryl/α,β-unsaturated/α-hetero) is 1. The van der Waals surface area contributed by atoms with Crippen LogP contribution in [0.25, 0.3) is 0 Å². The summed E-state index contributed by atoms with van der Waals surface area (Å²) in [5.41, 5.74) is -1.86. The number of nitrogens with zero attached hydrogens (tertiary/aromatic N) is 2. The summed E-state index contributed by atoms with van der Waals surface area (Å²) in [7, 11) is 1.43. The van der Waals surface area contributed by atoms with Crippen LogP contribution in [0.4, 0.5) is 23.2 Å². The van der Waals surface area contributed by atoms with E-state index in [0.717, 1.165) is 6.20 Å². The quantitative estimate of drug-likeness (QED) is 0.294. The number of ketones is 1. The fourth-order valence-electron chi connectivity index (χ4n) is 4.03. The minimum absolute atomic E-state index is 0.0669. The molecule has 2 amide bonds. The summed E-state index contributed by atoms with van der Waals surface area (Å²) in [6.07, 6.45) is -4.69. The number of halogens is 4. The third-order valence-electron chi connectivity index (χ3n) is 6.09. The molecule has 2 N–H and O–H groups in total. The number of aryl methyl sites for hydroxylation is 1. The molecule has 1 saturated heterocycles.